The second-order valence-corrected chi connectivity index (χ2v) is 6.73. The highest BCUT2D eigenvalue weighted by atomic mass is 16.5. The number of carbonyl (C=O) groups excluding carboxylic acids is 2. The van der Waals surface area contributed by atoms with Crippen LogP contribution in [-0.2, 0) is 14.3 Å². The first-order valence-electron chi connectivity index (χ1n) is 8.74. The minimum Gasteiger partial charge on any atom is -0.495 e. The fraction of sp³-hybridized carbons (Fsp3) is 0.579. The second-order valence-electron chi connectivity index (χ2n) is 6.73. The predicted molar refractivity (Wildman–Crippen MR) is 94.6 cm³/mol. The molecule has 6 nitrogen and oxygen atoms in total. The van der Waals surface area contributed by atoms with Crippen LogP contribution in [0.3, 0.4) is 0 Å². The number of anilines is 1. The summed E-state index contributed by atoms with van der Waals surface area (Å²) in [5, 5.41) is 13.2. The smallest absolute Gasteiger partial charge is 0.309 e. The molecule has 0 radical (unpaired) electrons. The predicted octanol–water partition coefficient (Wildman–Crippen LogP) is 2.96. The van der Waals surface area contributed by atoms with E-state index in [0.29, 0.717) is 24.3 Å². The average Bonchev–Trinajstić information content (AvgIpc) is 2.78. The van der Waals surface area contributed by atoms with Crippen molar-refractivity contribution >= 4 is 17.6 Å². The number of rotatable bonds is 6. The lowest BCUT2D eigenvalue weighted by molar-refractivity contribution is -0.152. The number of aliphatic hydroxyl groups is 1. The number of nitrogens with one attached hydrogen (secondary N) is 1. The Bertz CT molecular complexity index is 606. The van der Waals surface area contributed by atoms with E-state index < -0.39 is 17.5 Å². The monoisotopic (exact) mass is 349 g/mol. The van der Waals surface area contributed by atoms with E-state index in [1.54, 1.807) is 12.1 Å². The minimum absolute atomic E-state index is 0.0615. The SMILES string of the molecule is COc1ccc(C)cc1NC(=O)COC(=O)CC1(O)CCCCCC1. The van der Waals surface area contributed by atoms with Gasteiger partial charge in [0.2, 0.25) is 0 Å². The first-order chi connectivity index (χ1) is 11.9. The van der Waals surface area contributed by atoms with Gasteiger partial charge >= 0.3 is 5.97 Å². The molecular weight excluding hydrogens is 322 g/mol. The Kier molecular flexibility index (Phi) is 6.82. The summed E-state index contributed by atoms with van der Waals surface area (Å²) < 4.78 is 10.2. The third-order valence-corrected chi connectivity index (χ3v) is 4.50. The highest BCUT2D eigenvalue weighted by molar-refractivity contribution is 5.94. The number of methoxy groups -OCH3 is 1. The van der Waals surface area contributed by atoms with Gasteiger partial charge in [-0.15, -0.1) is 0 Å². The lowest BCUT2D eigenvalue weighted by atomic mass is 9.91. The molecule has 1 aliphatic rings. The van der Waals surface area contributed by atoms with Gasteiger partial charge in [0.15, 0.2) is 6.61 Å². The van der Waals surface area contributed by atoms with Crippen molar-refractivity contribution in [2.24, 2.45) is 0 Å². The molecule has 25 heavy (non-hydrogen) atoms. The molecule has 2 rings (SSSR count). The van der Waals surface area contributed by atoms with Crippen LogP contribution in [0.2, 0.25) is 0 Å². The second kappa shape index (κ2) is 8.85. The largest absolute Gasteiger partial charge is 0.495 e. The molecule has 0 aliphatic heterocycles. The molecule has 1 aliphatic carbocycles. The third kappa shape index (κ3) is 6.05. The lowest BCUT2D eigenvalue weighted by Gasteiger charge is -2.25. The van der Waals surface area contributed by atoms with Gasteiger partial charge in [0.05, 0.1) is 24.8 Å². The summed E-state index contributed by atoms with van der Waals surface area (Å²) in [5.74, 6) is -0.445. The van der Waals surface area contributed by atoms with Crippen LogP contribution in [0.4, 0.5) is 5.69 Å². The van der Waals surface area contributed by atoms with Gasteiger partial charge in [-0.05, 0) is 37.5 Å². The van der Waals surface area contributed by atoms with E-state index in [4.69, 9.17) is 9.47 Å². The van der Waals surface area contributed by atoms with Gasteiger partial charge in [0.25, 0.3) is 5.91 Å². The molecule has 2 N–H and O–H groups in total. The van der Waals surface area contributed by atoms with E-state index in [1.807, 2.05) is 13.0 Å². The van der Waals surface area contributed by atoms with Crippen LogP contribution in [0.1, 0.15) is 50.5 Å². The first kappa shape index (κ1) is 19.2. The van der Waals surface area contributed by atoms with E-state index >= 15 is 0 Å². The van der Waals surface area contributed by atoms with Gasteiger partial charge in [-0.2, -0.15) is 0 Å². The van der Waals surface area contributed by atoms with Gasteiger partial charge in [-0.25, -0.2) is 0 Å². The van der Waals surface area contributed by atoms with Crippen LogP contribution in [0.5, 0.6) is 5.75 Å². The molecule has 138 valence electrons. The van der Waals surface area contributed by atoms with Crippen molar-refractivity contribution in [3.63, 3.8) is 0 Å². The third-order valence-electron chi connectivity index (χ3n) is 4.50. The van der Waals surface area contributed by atoms with Crippen LogP contribution >= 0.6 is 0 Å². The Labute approximate surface area is 148 Å². The average molecular weight is 349 g/mol. The number of ether oxygens (including phenoxy) is 2. The number of carbonyl (C=O) groups is 2. The van der Waals surface area contributed by atoms with E-state index in [2.05, 4.69) is 5.32 Å². The molecule has 1 amide bonds. The highest BCUT2D eigenvalue weighted by Crippen LogP contribution is 2.30. The topological polar surface area (TPSA) is 84.9 Å². The molecule has 1 aromatic rings. The van der Waals surface area contributed by atoms with Crippen molar-refractivity contribution in [3.8, 4) is 5.75 Å². The van der Waals surface area contributed by atoms with Crippen molar-refractivity contribution in [2.75, 3.05) is 19.0 Å². The molecule has 1 fully saturated rings. The Morgan fingerprint density at radius 3 is 2.52 bits per heavy atom. The molecular formula is C19H27NO5. The fourth-order valence-corrected chi connectivity index (χ4v) is 3.13. The molecule has 1 aromatic carbocycles. The molecule has 6 heteroatoms. The molecule has 0 heterocycles. The Morgan fingerprint density at radius 1 is 1.20 bits per heavy atom. The van der Waals surface area contributed by atoms with Gasteiger partial charge in [0.1, 0.15) is 5.75 Å². The zero-order valence-electron chi connectivity index (χ0n) is 15.0. The maximum Gasteiger partial charge on any atom is 0.309 e. The van der Waals surface area contributed by atoms with Gasteiger partial charge in [-0.1, -0.05) is 31.7 Å². The summed E-state index contributed by atoms with van der Waals surface area (Å²) >= 11 is 0. The maximum atomic E-state index is 12.0. The van der Waals surface area contributed by atoms with Gasteiger partial charge in [0, 0.05) is 0 Å². The van der Waals surface area contributed by atoms with E-state index in [9.17, 15) is 14.7 Å². The minimum atomic E-state index is -0.996. The summed E-state index contributed by atoms with van der Waals surface area (Å²) in [6.45, 7) is 1.52. The quantitative estimate of drug-likeness (QED) is 0.609. The van der Waals surface area contributed by atoms with E-state index in [0.717, 1.165) is 31.2 Å². The van der Waals surface area contributed by atoms with Crippen molar-refractivity contribution < 1.29 is 24.2 Å². The van der Waals surface area contributed by atoms with E-state index in [-0.39, 0.29) is 13.0 Å². The van der Waals surface area contributed by atoms with Crippen molar-refractivity contribution in [1.29, 1.82) is 0 Å². The lowest BCUT2D eigenvalue weighted by Crippen LogP contribution is -2.33. The Hall–Kier alpha value is -2.08. The van der Waals surface area contributed by atoms with Crippen molar-refractivity contribution in [2.45, 2.75) is 57.5 Å². The number of hydrogen-bond donors (Lipinski definition) is 2. The summed E-state index contributed by atoms with van der Waals surface area (Å²) in [6.07, 6.45) is 5.14. The van der Waals surface area contributed by atoms with Crippen molar-refractivity contribution in [1.82, 2.24) is 0 Å². The highest BCUT2D eigenvalue weighted by Gasteiger charge is 2.31. The summed E-state index contributed by atoms with van der Waals surface area (Å²) in [5.41, 5.74) is 0.513. The Balaban J connectivity index is 1.83. The zero-order chi connectivity index (χ0) is 18.3. The normalized spacial score (nSPS) is 16.6. The van der Waals surface area contributed by atoms with Gasteiger partial charge < -0.3 is 19.9 Å². The Morgan fingerprint density at radius 2 is 1.88 bits per heavy atom. The molecule has 0 bridgehead atoms. The zero-order valence-corrected chi connectivity index (χ0v) is 15.0. The maximum absolute atomic E-state index is 12.0. The molecule has 0 spiro atoms. The molecule has 0 saturated heterocycles. The van der Waals surface area contributed by atoms with Crippen LogP contribution in [-0.4, -0.2) is 36.3 Å². The van der Waals surface area contributed by atoms with E-state index in [1.165, 1.54) is 7.11 Å². The summed E-state index contributed by atoms with van der Waals surface area (Å²) in [4.78, 5) is 24.0. The fourth-order valence-electron chi connectivity index (χ4n) is 3.13. The van der Waals surface area contributed by atoms with Crippen molar-refractivity contribution in [3.05, 3.63) is 23.8 Å². The molecule has 0 aromatic heterocycles. The molecule has 0 unspecified atom stereocenters. The van der Waals surface area contributed by atoms with Crippen LogP contribution < -0.4 is 10.1 Å². The summed E-state index contributed by atoms with van der Waals surface area (Å²) in [6, 6.07) is 5.42. The number of benzene rings is 1. The van der Waals surface area contributed by atoms with Crippen LogP contribution in [0, 0.1) is 6.92 Å². The number of amides is 1. The number of esters is 1. The molecule has 0 atom stereocenters. The first-order valence-corrected chi connectivity index (χ1v) is 8.74. The number of aryl methyl sites for hydroxylation is 1. The molecule has 1 saturated carbocycles. The summed E-state index contributed by atoms with van der Waals surface area (Å²) in [7, 11) is 1.52. The van der Waals surface area contributed by atoms with Gasteiger partial charge in [-0.3, -0.25) is 9.59 Å². The number of hydrogen-bond acceptors (Lipinski definition) is 5. The van der Waals surface area contributed by atoms with Crippen LogP contribution in [0.15, 0.2) is 18.2 Å². The van der Waals surface area contributed by atoms with Crippen LogP contribution in [0.25, 0.3) is 0 Å². The standard InChI is InChI=1S/C19H27NO5/c1-14-7-8-16(24-2)15(11-14)20-17(21)13-25-18(22)12-19(23)9-5-3-4-6-10-19/h7-8,11,23H,3-6,9-10,12-13H2,1-2H3,(H,20,21).